The van der Waals surface area contributed by atoms with E-state index >= 15 is 0 Å². The number of piperidine rings is 2. The van der Waals surface area contributed by atoms with Crippen molar-refractivity contribution in [3.05, 3.63) is 0 Å². The Morgan fingerprint density at radius 1 is 0.929 bits per heavy atom. The summed E-state index contributed by atoms with van der Waals surface area (Å²) in [6.45, 7) is 11.0. The molecule has 4 fully saturated rings. The molecule has 160 valence electrons. The van der Waals surface area contributed by atoms with E-state index in [0.29, 0.717) is 5.54 Å². The molecule has 4 saturated heterocycles. The second-order valence-electron chi connectivity index (χ2n) is 9.61. The smallest absolute Gasteiger partial charge is 0.193 e. The first-order valence-corrected chi connectivity index (χ1v) is 11.8. The van der Waals surface area contributed by atoms with E-state index in [0.717, 1.165) is 31.6 Å². The first kappa shape index (κ1) is 20.4. The molecular formula is C22H42N6. The van der Waals surface area contributed by atoms with Crippen molar-refractivity contribution in [2.24, 2.45) is 4.99 Å². The lowest BCUT2D eigenvalue weighted by atomic mass is 9.84. The fourth-order valence-corrected chi connectivity index (χ4v) is 5.92. The number of hydrogen-bond acceptors (Lipinski definition) is 4. The molecule has 4 aliphatic rings. The minimum Gasteiger partial charge on any atom is -0.354 e. The Hall–Kier alpha value is -0.850. The highest BCUT2D eigenvalue weighted by Gasteiger charge is 2.40. The van der Waals surface area contributed by atoms with Crippen molar-refractivity contribution in [1.82, 2.24) is 24.9 Å². The highest BCUT2D eigenvalue weighted by Crippen LogP contribution is 2.31. The molecule has 0 amide bonds. The van der Waals surface area contributed by atoms with Crippen LogP contribution in [0.2, 0.25) is 0 Å². The van der Waals surface area contributed by atoms with Crippen molar-refractivity contribution in [3.8, 4) is 0 Å². The number of aliphatic imine (C=N–C) groups is 1. The van der Waals surface area contributed by atoms with E-state index in [1.807, 2.05) is 7.05 Å². The Morgan fingerprint density at radius 2 is 1.61 bits per heavy atom. The maximum Gasteiger partial charge on any atom is 0.193 e. The van der Waals surface area contributed by atoms with Gasteiger partial charge in [-0.25, -0.2) is 0 Å². The van der Waals surface area contributed by atoms with Crippen molar-refractivity contribution in [1.29, 1.82) is 0 Å². The van der Waals surface area contributed by atoms with Crippen molar-refractivity contribution in [3.63, 3.8) is 0 Å². The minimum absolute atomic E-state index is 0.316. The van der Waals surface area contributed by atoms with Crippen LogP contribution in [0.25, 0.3) is 0 Å². The van der Waals surface area contributed by atoms with Gasteiger partial charge < -0.3 is 15.1 Å². The first-order valence-electron chi connectivity index (χ1n) is 11.8. The van der Waals surface area contributed by atoms with Gasteiger partial charge in [-0.1, -0.05) is 6.42 Å². The van der Waals surface area contributed by atoms with Crippen LogP contribution in [-0.4, -0.2) is 110 Å². The maximum absolute atomic E-state index is 4.69. The highest BCUT2D eigenvalue weighted by atomic mass is 15.4. The van der Waals surface area contributed by atoms with E-state index in [2.05, 4.69) is 32.0 Å². The third kappa shape index (κ3) is 4.49. The lowest BCUT2D eigenvalue weighted by Crippen LogP contribution is -2.62. The van der Waals surface area contributed by atoms with Gasteiger partial charge in [0.2, 0.25) is 0 Å². The van der Waals surface area contributed by atoms with E-state index in [-0.39, 0.29) is 0 Å². The molecule has 6 heteroatoms. The van der Waals surface area contributed by atoms with Crippen molar-refractivity contribution in [2.45, 2.75) is 62.9 Å². The fourth-order valence-electron chi connectivity index (χ4n) is 5.92. The molecule has 1 unspecified atom stereocenters. The normalized spacial score (nSPS) is 30.9. The molecule has 4 rings (SSSR count). The molecule has 4 heterocycles. The van der Waals surface area contributed by atoms with Gasteiger partial charge >= 0.3 is 0 Å². The summed E-state index contributed by atoms with van der Waals surface area (Å²) in [6, 6.07) is 0.737. The summed E-state index contributed by atoms with van der Waals surface area (Å²) >= 11 is 0. The first-order chi connectivity index (χ1) is 13.7. The van der Waals surface area contributed by atoms with Crippen LogP contribution >= 0.6 is 0 Å². The average molecular weight is 391 g/mol. The second kappa shape index (κ2) is 9.31. The third-order valence-corrected chi connectivity index (χ3v) is 7.85. The van der Waals surface area contributed by atoms with Crippen LogP contribution in [0.5, 0.6) is 0 Å². The summed E-state index contributed by atoms with van der Waals surface area (Å²) in [7, 11) is 4.24. The van der Waals surface area contributed by atoms with Crippen LogP contribution in [0.15, 0.2) is 4.99 Å². The number of likely N-dealkylation sites (tertiary alicyclic amines) is 4. The van der Waals surface area contributed by atoms with Gasteiger partial charge in [-0.15, -0.1) is 0 Å². The second-order valence-corrected chi connectivity index (χ2v) is 9.61. The molecule has 0 aromatic heterocycles. The molecule has 4 aliphatic heterocycles. The predicted octanol–water partition coefficient (Wildman–Crippen LogP) is 1.68. The Balaban J connectivity index is 1.36. The van der Waals surface area contributed by atoms with Crippen LogP contribution in [0.1, 0.15) is 51.4 Å². The van der Waals surface area contributed by atoms with Crippen molar-refractivity contribution >= 4 is 5.96 Å². The molecule has 1 N–H and O–H groups in total. The molecule has 6 nitrogen and oxygen atoms in total. The number of guanidine groups is 1. The van der Waals surface area contributed by atoms with E-state index in [4.69, 9.17) is 4.99 Å². The van der Waals surface area contributed by atoms with E-state index < -0.39 is 0 Å². The molecular weight excluding hydrogens is 348 g/mol. The SMILES string of the molecule is CN=C(NCC1(N2CCCCC2)CCN(C)CC1)N1CCC(N2CCCC2)C1. The number of nitrogens with zero attached hydrogens (tertiary/aromatic N) is 5. The van der Waals surface area contributed by atoms with Gasteiger partial charge in [0, 0.05) is 38.3 Å². The van der Waals surface area contributed by atoms with Crippen LogP contribution in [0.4, 0.5) is 0 Å². The van der Waals surface area contributed by atoms with E-state index in [1.54, 1.807) is 0 Å². The lowest BCUT2D eigenvalue weighted by molar-refractivity contribution is 0.0170. The Kier molecular flexibility index (Phi) is 6.79. The Labute approximate surface area is 172 Å². The zero-order chi connectivity index (χ0) is 19.4. The van der Waals surface area contributed by atoms with Gasteiger partial charge in [0.1, 0.15) is 0 Å². The maximum atomic E-state index is 4.69. The Bertz CT molecular complexity index is 515. The van der Waals surface area contributed by atoms with Crippen molar-refractivity contribution < 1.29 is 0 Å². The molecule has 28 heavy (non-hydrogen) atoms. The number of hydrogen-bond donors (Lipinski definition) is 1. The largest absolute Gasteiger partial charge is 0.354 e. The minimum atomic E-state index is 0.316. The summed E-state index contributed by atoms with van der Waals surface area (Å²) in [5.74, 6) is 1.14. The van der Waals surface area contributed by atoms with Gasteiger partial charge in [-0.2, -0.15) is 0 Å². The van der Waals surface area contributed by atoms with Gasteiger partial charge in [-0.05, 0) is 91.3 Å². The third-order valence-electron chi connectivity index (χ3n) is 7.85. The summed E-state index contributed by atoms with van der Waals surface area (Å²) in [5, 5.41) is 3.84. The predicted molar refractivity (Wildman–Crippen MR) is 117 cm³/mol. The molecule has 0 saturated carbocycles. The number of rotatable bonds is 4. The van der Waals surface area contributed by atoms with Gasteiger partial charge in [0.25, 0.3) is 0 Å². The molecule has 0 aromatic rings. The highest BCUT2D eigenvalue weighted by molar-refractivity contribution is 5.80. The van der Waals surface area contributed by atoms with Gasteiger partial charge in [0.15, 0.2) is 5.96 Å². The van der Waals surface area contributed by atoms with Crippen molar-refractivity contribution in [2.75, 3.05) is 73.0 Å². The zero-order valence-corrected chi connectivity index (χ0v) is 18.3. The summed E-state index contributed by atoms with van der Waals surface area (Å²) < 4.78 is 0. The topological polar surface area (TPSA) is 37.4 Å². The summed E-state index contributed by atoms with van der Waals surface area (Å²) in [4.78, 5) is 15.2. The van der Waals surface area contributed by atoms with E-state index in [1.165, 1.54) is 90.6 Å². The van der Waals surface area contributed by atoms with Gasteiger partial charge in [0.05, 0.1) is 0 Å². The molecule has 1 atom stereocenters. The molecule has 0 aromatic carbocycles. The molecule has 0 aliphatic carbocycles. The standard InChI is InChI=1S/C22H42N6/c1-23-21(27-15-8-20(18-27)26-11-6-7-12-26)24-19-22(9-16-25(2)17-10-22)28-13-4-3-5-14-28/h20H,3-19H2,1-2H3,(H,23,24). The van der Waals surface area contributed by atoms with Gasteiger partial charge in [-0.3, -0.25) is 14.8 Å². The molecule has 0 bridgehead atoms. The van der Waals surface area contributed by atoms with Crippen LogP contribution in [0, 0.1) is 0 Å². The quantitative estimate of drug-likeness (QED) is 0.584. The summed E-state index contributed by atoms with van der Waals surface area (Å²) in [5.41, 5.74) is 0.316. The lowest BCUT2D eigenvalue weighted by Gasteiger charge is -2.50. The van der Waals surface area contributed by atoms with Crippen LogP contribution < -0.4 is 5.32 Å². The molecule has 0 spiro atoms. The number of nitrogens with one attached hydrogen (secondary N) is 1. The van der Waals surface area contributed by atoms with Crippen LogP contribution in [-0.2, 0) is 0 Å². The average Bonchev–Trinajstić information content (AvgIpc) is 3.43. The molecule has 0 radical (unpaired) electrons. The zero-order valence-electron chi connectivity index (χ0n) is 18.3. The summed E-state index contributed by atoms with van der Waals surface area (Å²) in [6.07, 6.45) is 10.8. The van der Waals surface area contributed by atoms with E-state index in [9.17, 15) is 0 Å². The Morgan fingerprint density at radius 3 is 2.29 bits per heavy atom. The van der Waals surface area contributed by atoms with Crippen LogP contribution in [0.3, 0.4) is 0 Å². The fraction of sp³-hybridized carbons (Fsp3) is 0.955. The monoisotopic (exact) mass is 390 g/mol.